The van der Waals surface area contributed by atoms with Crippen LogP contribution in [0.2, 0.25) is 0 Å². The topological polar surface area (TPSA) is 72.2 Å². The zero-order chi connectivity index (χ0) is 12.6. The second-order valence-electron chi connectivity index (χ2n) is 3.46. The van der Waals surface area contributed by atoms with Gasteiger partial charge in [-0.25, -0.2) is 13.9 Å². The van der Waals surface area contributed by atoms with Crippen LogP contribution in [0.15, 0.2) is 23.0 Å². The van der Waals surface area contributed by atoms with Crippen molar-refractivity contribution in [2.45, 2.75) is 13.5 Å². The SMILES string of the molecule is CCn1nc(C(=O)O)c2cc(F)ccc2c1=O. The van der Waals surface area contributed by atoms with Crippen LogP contribution in [-0.4, -0.2) is 20.9 Å². The van der Waals surface area contributed by atoms with Gasteiger partial charge in [0.25, 0.3) is 5.56 Å². The fraction of sp³-hybridized carbons (Fsp3) is 0.182. The summed E-state index contributed by atoms with van der Waals surface area (Å²) in [5.74, 6) is -1.89. The minimum Gasteiger partial charge on any atom is -0.476 e. The Morgan fingerprint density at radius 3 is 2.76 bits per heavy atom. The predicted molar refractivity (Wildman–Crippen MR) is 58.6 cm³/mol. The summed E-state index contributed by atoms with van der Waals surface area (Å²) in [4.78, 5) is 22.8. The van der Waals surface area contributed by atoms with E-state index in [2.05, 4.69) is 5.10 Å². The van der Waals surface area contributed by atoms with Gasteiger partial charge in [0, 0.05) is 11.9 Å². The van der Waals surface area contributed by atoms with Crippen LogP contribution < -0.4 is 5.56 Å². The van der Waals surface area contributed by atoms with Crippen molar-refractivity contribution in [3.8, 4) is 0 Å². The van der Waals surface area contributed by atoms with Gasteiger partial charge in [0.1, 0.15) is 5.82 Å². The highest BCUT2D eigenvalue weighted by Crippen LogP contribution is 2.15. The molecule has 0 fully saturated rings. The molecule has 0 saturated carbocycles. The van der Waals surface area contributed by atoms with Gasteiger partial charge in [-0.15, -0.1) is 0 Å². The Morgan fingerprint density at radius 2 is 2.18 bits per heavy atom. The quantitative estimate of drug-likeness (QED) is 0.851. The normalized spacial score (nSPS) is 10.7. The number of aromatic nitrogens is 2. The van der Waals surface area contributed by atoms with Gasteiger partial charge in [0.05, 0.1) is 5.39 Å². The minimum atomic E-state index is -1.29. The Bertz CT molecular complexity index is 664. The lowest BCUT2D eigenvalue weighted by Crippen LogP contribution is -2.25. The van der Waals surface area contributed by atoms with Gasteiger partial charge in [-0.05, 0) is 25.1 Å². The van der Waals surface area contributed by atoms with Crippen LogP contribution in [0, 0.1) is 5.82 Å². The van der Waals surface area contributed by atoms with Crippen LogP contribution in [0.25, 0.3) is 10.8 Å². The van der Waals surface area contributed by atoms with Gasteiger partial charge in [0.2, 0.25) is 0 Å². The number of halogens is 1. The smallest absolute Gasteiger partial charge is 0.357 e. The number of aryl methyl sites for hydroxylation is 1. The van der Waals surface area contributed by atoms with Gasteiger partial charge in [-0.2, -0.15) is 5.10 Å². The molecule has 1 aromatic heterocycles. The molecule has 0 amide bonds. The molecule has 5 nitrogen and oxygen atoms in total. The molecule has 88 valence electrons. The van der Waals surface area contributed by atoms with E-state index in [4.69, 9.17) is 5.11 Å². The van der Waals surface area contributed by atoms with Crippen molar-refractivity contribution < 1.29 is 14.3 Å². The van der Waals surface area contributed by atoms with Crippen molar-refractivity contribution in [1.82, 2.24) is 9.78 Å². The molecule has 0 spiro atoms. The summed E-state index contributed by atoms with van der Waals surface area (Å²) in [6.07, 6.45) is 0. The molecule has 0 unspecified atom stereocenters. The molecule has 2 rings (SSSR count). The average molecular weight is 236 g/mol. The highest BCUT2D eigenvalue weighted by Gasteiger charge is 2.15. The van der Waals surface area contributed by atoms with E-state index in [0.717, 1.165) is 16.8 Å². The number of carboxylic acids is 1. The van der Waals surface area contributed by atoms with Crippen molar-refractivity contribution >= 4 is 16.7 Å². The van der Waals surface area contributed by atoms with E-state index in [1.807, 2.05) is 0 Å². The van der Waals surface area contributed by atoms with Crippen LogP contribution >= 0.6 is 0 Å². The summed E-state index contributed by atoms with van der Waals surface area (Å²) >= 11 is 0. The maximum absolute atomic E-state index is 13.1. The molecule has 0 aliphatic carbocycles. The van der Waals surface area contributed by atoms with Crippen molar-refractivity contribution in [2.24, 2.45) is 0 Å². The van der Waals surface area contributed by atoms with E-state index in [-0.39, 0.29) is 23.0 Å². The summed E-state index contributed by atoms with van der Waals surface area (Å²) in [6.45, 7) is 1.93. The molecule has 0 atom stereocenters. The number of fused-ring (bicyclic) bond motifs is 1. The van der Waals surface area contributed by atoms with Gasteiger partial charge in [-0.3, -0.25) is 4.79 Å². The Labute approximate surface area is 95.1 Å². The van der Waals surface area contributed by atoms with Gasteiger partial charge < -0.3 is 5.11 Å². The molecule has 17 heavy (non-hydrogen) atoms. The number of hydrogen-bond donors (Lipinski definition) is 1. The summed E-state index contributed by atoms with van der Waals surface area (Å²) < 4.78 is 14.1. The number of benzene rings is 1. The van der Waals surface area contributed by atoms with Crippen LogP contribution in [-0.2, 0) is 6.54 Å². The third-order valence-electron chi connectivity index (χ3n) is 2.42. The van der Waals surface area contributed by atoms with Crippen molar-refractivity contribution in [3.63, 3.8) is 0 Å². The van der Waals surface area contributed by atoms with Crippen LogP contribution in [0.4, 0.5) is 4.39 Å². The number of nitrogens with zero attached hydrogens (tertiary/aromatic N) is 2. The molecule has 0 bridgehead atoms. The van der Waals surface area contributed by atoms with E-state index in [1.54, 1.807) is 6.92 Å². The van der Waals surface area contributed by atoms with Crippen LogP contribution in [0.1, 0.15) is 17.4 Å². The standard InChI is InChI=1S/C11H9FN2O3/c1-2-14-10(15)7-4-3-6(12)5-8(7)9(13-14)11(16)17/h3-5H,2H2,1H3,(H,16,17). The van der Waals surface area contributed by atoms with E-state index in [0.29, 0.717) is 0 Å². The Morgan fingerprint density at radius 1 is 1.47 bits per heavy atom. The first-order valence-corrected chi connectivity index (χ1v) is 4.98. The van der Waals surface area contributed by atoms with Gasteiger partial charge >= 0.3 is 5.97 Å². The Hall–Kier alpha value is -2.24. The molecular formula is C11H9FN2O3. The molecular weight excluding hydrogens is 227 g/mol. The summed E-state index contributed by atoms with van der Waals surface area (Å²) in [6, 6.07) is 3.40. The van der Waals surface area contributed by atoms with E-state index >= 15 is 0 Å². The first-order valence-electron chi connectivity index (χ1n) is 4.98. The number of aromatic carboxylic acids is 1. The number of carbonyl (C=O) groups is 1. The fourth-order valence-electron chi connectivity index (χ4n) is 1.63. The fourth-order valence-corrected chi connectivity index (χ4v) is 1.63. The zero-order valence-electron chi connectivity index (χ0n) is 8.98. The molecule has 1 N–H and O–H groups in total. The monoisotopic (exact) mass is 236 g/mol. The first-order chi connectivity index (χ1) is 8.04. The lowest BCUT2D eigenvalue weighted by molar-refractivity contribution is 0.0690. The number of hydrogen-bond acceptors (Lipinski definition) is 3. The maximum Gasteiger partial charge on any atom is 0.357 e. The van der Waals surface area contributed by atoms with E-state index in [9.17, 15) is 14.0 Å². The number of rotatable bonds is 2. The molecule has 0 aliphatic rings. The summed E-state index contributed by atoms with van der Waals surface area (Å²) in [7, 11) is 0. The van der Waals surface area contributed by atoms with Gasteiger partial charge in [0.15, 0.2) is 5.69 Å². The molecule has 0 radical (unpaired) electrons. The van der Waals surface area contributed by atoms with E-state index in [1.165, 1.54) is 6.07 Å². The summed E-state index contributed by atoms with van der Waals surface area (Å²) in [5.41, 5.74) is -0.742. The Balaban J connectivity index is 2.97. The third-order valence-corrected chi connectivity index (χ3v) is 2.42. The van der Waals surface area contributed by atoms with Crippen LogP contribution in [0.3, 0.4) is 0 Å². The summed E-state index contributed by atoms with van der Waals surface area (Å²) in [5, 5.41) is 12.9. The largest absolute Gasteiger partial charge is 0.476 e. The Kier molecular flexibility index (Phi) is 2.63. The minimum absolute atomic E-state index is 0.0206. The molecule has 2 aromatic rings. The second kappa shape index (κ2) is 3.97. The molecule has 1 heterocycles. The van der Waals surface area contributed by atoms with Crippen LogP contribution in [0.5, 0.6) is 0 Å². The molecule has 1 aromatic carbocycles. The molecule has 0 saturated heterocycles. The first kappa shape index (κ1) is 11.3. The molecule has 6 heteroatoms. The lowest BCUT2D eigenvalue weighted by atomic mass is 10.1. The number of carboxylic acid groups (broad SMARTS) is 1. The highest BCUT2D eigenvalue weighted by molar-refractivity contribution is 6.01. The van der Waals surface area contributed by atoms with E-state index < -0.39 is 17.3 Å². The zero-order valence-corrected chi connectivity index (χ0v) is 8.98. The predicted octanol–water partition coefficient (Wildman–Crippen LogP) is 1.25. The molecule has 0 aliphatic heterocycles. The van der Waals surface area contributed by atoms with Crippen molar-refractivity contribution in [1.29, 1.82) is 0 Å². The lowest BCUT2D eigenvalue weighted by Gasteiger charge is -2.06. The maximum atomic E-state index is 13.1. The second-order valence-corrected chi connectivity index (χ2v) is 3.46. The van der Waals surface area contributed by atoms with Crippen molar-refractivity contribution in [3.05, 3.63) is 40.1 Å². The highest BCUT2D eigenvalue weighted by atomic mass is 19.1. The third kappa shape index (κ3) is 1.77. The van der Waals surface area contributed by atoms with Crippen molar-refractivity contribution in [2.75, 3.05) is 0 Å². The van der Waals surface area contributed by atoms with Gasteiger partial charge in [-0.1, -0.05) is 0 Å². The average Bonchev–Trinajstić information content (AvgIpc) is 2.29.